The van der Waals surface area contributed by atoms with Crippen molar-refractivity contribution in [3.8, 4) is 0 Å². The number of hydrogen-bond donors (Lipinski definition) is 5. The molecular formula is C22H30N8O2. The van der Waals surface area contributed by atoms with Gasteiger partial charge in [0.1, 0.15) is 11.0 Å². The number of nitrogens with one attached hydrogen (secondary N) is 3. The summed E-state index contributed by atoms with van der Waals surface area (Å²) >= 11 is 0. The molecule has 0 unspecified atom stereocenters. The Morgan fingerprint density at radius 3 is 2.09 bits per heavy atom. The second kappa shape index (κ2) is 10.9. The Hall–Kier alpha value is -3.24. The van der Waals surface area contributed by atoms with Crippen LogP contribution in [0.4, 0.5) is 23.5 Å². The molecule has 0 radical (unpaired) electrons. The van der Waals surface area contributed by atoms with Gasteiger partial charge in [-0.1, -0.05) is 30.3 Å². The topological polar surface area (TPSA) is 131 Å². The van der Waals surface area contributed by atoms with E-state index in [9.17, 15) is 10.2 Å². The van der Waals surface area contributed by atoms with E-state index in [1.165, 1.54) is 6.42 Å². The first-order valence-corrected chi connectivity index (χ1v) is 11.1. The highest BCUT2D eigenvalue weighted by atomic mass is 16.3. The van der Waals surface area contributed by atoms with Crippen molar-refractivity contribution in [1.29, 1.82) is 0 Å². The number of aromatic nitrogens is 4. The maximum atomic E-state index is 9.25. The molecule has 0 saturated carbocycles. The molecule has 0 spiro atoms. The first-order valence-electron chi connectivity index (χ1n) is 11.1. The fourth-order valence-corrected chi connectivity index (χ4v) is 3.73. The van der Waals surface area contributed by atoms with Crippen molar-refractivity contribution in [1.82, 2.24) is 19.9 Å². The Morgan fingerprint density at radius 2 is 1.41 bits per heavy atom. The van der Waals surface area contributed by atoms with Crippen LogP contribution in [0.2, 0.25) is 0 Å². The number of aliphatic hydroxyl groups is 2. The van der Waals surface area contributed by atoms with Crippen LogP contribution in [0.25, 0.3) is 11.0 Å². The average molecular weight is 439 g/mol. The van der Waals surface area contributed by atoms with Crippen LogP contribution in [0.1, 0.15) is 24.8 Å². The van der Waals surface area contributed by atoms with Crippen LogP contribution in [0.15, 0.2) is 30.3 Å². The number of fused-ring (bicyclic) bond motifs is 1. The lowest BCUT2D eigenvalue weighted by molar-refractivity contribution is 0.310. The summed E-state index contributed by atoms with van der Waals surface area (Å²) in [5.41, 5.74) is 2.40. The van der Waals surface area contributed by atoms with Gasteiger partial charge in [-0.3, -0.25) is 0 Å². The number of nitrogens with zero attached hydrogens (tertiary/aromatic N) is 5. The van der Waals surface area contributed by atoms with Crippen molar-refractivity contribution < 1.29 is 10.2 Å². The number of rotatable bonds is 10. The van der Waals surface area contributed by atoms with Crippen LogP contribution >= 0.6 is 0 Å². The number of hydrogen-bond acceptors (Lipinski definition) is 10. The molecule has 5 N–H and O–H groups in total. The van der Waals surface area contributed by atoms with Crippen LogP contribution in [0, 0.1) is 0 Å². The molecule has 0 amide bonds. The zero-order chi connectivity index (χ0) is 22.2. The lowest BCUT2D eigenvalue weighted by Gasteiger charge is -2.28. The van der Waals surface area contributed by atoms with Gasteiger partial charge in [-0.25, -0.2) is 9.97 Å². The minimum Gasteiger partial charge on any atom is -0.395 e. The number of aliphatic hydroxyl groups excluding tert-OH is 2. The second-order valence-corrected chi connectivity index (χ2v) is 7.65. The van der Waals surface area contributed by atoms with Gasteiger partial charge in [0.15, 0.2) is 11.6 Å². The summed E-state index contributed by atoms with van der Waals surface area (Å²) in [4.78, 5) is 21.0. The van der Waals surface area contributed by atoms with Gasteiger partial charge in [0.25, 0.3) is 0 Å². The summed E-state index contributed by atoms with van der Waals surface area (Å²) in [5, 5.41) is 28.0. The number of benzene rings is 1. The van der Waals surface area contributed by atoms with Crippen molar-refractivity contribution in [3.05, 3.63) is 35.9 Å². The molecule has 2 aromatic heterocycles. The van der Waals surface area contributed by atoms with E-state index >= 15 is 0 Å². The van der Waals surface area contributed by atoms with Crippen molar-refractivity contribution >= 4 is 34.6 Å². The van der Waals surface area contributed by atoms with Crippen LogP contribution in [0.3, 0.4) is 0 Å². The average Bonchev–Trinajstić information content (AvgIpc) is 2.85. The van der Waals surface area contributed by atoms with E-state index in [4.69, 9.17) is 9.97 Å². The highest BCUT2D eigenvalue weighted by molar-refractivity contribution is 5.94. The SMILES string of the molecule is OCCNc1nc(N2CCCCC2)c2nc(NCCO)nc(NCc3ccccc3)c2n1. The molecule has 1 saturated heterocycles. The Morgan fingerprint density at radius 1 is 0.750 bits per heavy atom. The van der Waals surface area contributed by atoms with Gasteiger partial charge in [0.05, 0.1) is 13.2 Å². The van der Waals surface area contributed by atoms with Gasteiger partial charge < -0.3 is 31.1 Å². The van der Waals surface area contributed by atoms with E-state index in [2.05, 4.69) is 30.8 Å². The summed E-state index contributed by atoms with van der Waals surface area (Å²) in [6.07, 6.45) is 3.41. The van der Waals surface area contributed by atoms with Crippen LogP contribution < -0.4 is 20.9 Å². The van der Waals surface area contributed by atoms with Crippen LogP contribution in [0.5, 0.6) is 0 Å². The third kappa shape index (κ3) is 5.32. The highest BCUT2D eigenvalue weighted by Crippen LogP contribution is 2.31. The molecule has 10 nitrogen and oxygen atoms in total. The van der Waals surface area contributed by atoms with E-state index in [0.717, 1.165) is 37.3 Å². The molecule has 1 aliphatic rings. The quantitative estimate of drug-likeness (QED) is 0.319. The van der Waals surface area contributed by atoms with Crippen molar-refractivity contribution in [3.63, 3.8) is 0 Å². The largest absolute Gasteiger partial charge is 0.395 e. The zero-order valence-corrected chi connectivity index (χ0v) is 18.1. The minimum absolute atomic E-state index is 0.0138. The van der Waals surface area contributed by atoms with E-state index in [-0.39, 0.29) is 13.2 Å². The number of anilines is 4. The Balaban J connectivity index is 1.78. The summed E-state index contributed by atoms with van der Waals surface area (Å²) in [5.74, 6) is 2.20. The van der Waals surface area contributed by atoms with Crippen molar-refractivity contribution in [2.45, 2.75) is 25.8 Å². The van der Waals surface area contributed by atoms with Gasteiger partial charge in [0, 0.05) is 32.7 Å². The molecule has 0 atom stereocenters. The molecule has 32 heavy (non-hydrogen) atoms. The monoisotopic (exact) mass is 438 g/mol. The molecule has 3 aromatic rings. The predicted molar refractivity (Wildman–Crippen MR) is 126 cm³/mol. The molecule has 0 aliphatic carbocycles. The first-order chi connectivity index (χ1) is 15.8. The fraction of sp³-hybridized carbons (Fsp3) is 0.455. The molecule has 10 heteroatoms. The summed E-state index contributed by atoms with van der Waals surface area (Å²) in [6, 6.07) is 10.1. The first kappa shape index (κ1) is 22.0. The second-order valence-electron chi connectivity index (χ2n) is 7.65. The highest BCUT2D eigenvalue weighted by Gasteiger charge is 2.21. The Labute approximate surface area is 187 Å². The maximum Gasteiger partial charge on any atom is 0.225 e. The number of piperidine rings is 1. The molecule has 1 aliphatic heterocycles. The van der Waals surface area contributed by atoms with Gasteiger partial charge in [-0.15, -0.1) is 0 Å². The molecule has 1 aromatic carbocycles. The smallest absolute Gasteiger partial charge is 0.225 e. The Kier molecular flexibility index (Phi) is 7.47. The molecule has 4 rings (SSSR count). The standard InChI is InChI=1S/C22H30N8O2/c31-13-9-23-21-27-18-17(19(28-21)25-15-16-7-3-1-4-8-16)26-22(24-10-14-32)29-20(18)30-11-5-2-6-12-30/h1,3-4,7-8,31-32H,2,5-6,9-15H2,(H,24,26,29)(H2,23,25,27,28). The van der Waals surface area contributed by atoms with Crippen molar-refractivity contribution in [2.24, 2.45) is 0 Å². The lowest BCUT2D eigenvalue weighted by atomic mass is 10.1. The van der Waals surface area contributed by atoms with Gasteiger partial charge in [-0.2, -0.15) is 9.97 Å². The maximum absolute atomic E-state index is 9.25. The van der Waals surface area contributed by atoms with Crippen LogP contribution in [-0.4, -0.2) is 69.5 Å². The van der Waals surface area contributed by atoms with E-state index in [1.54, 1.807) is 0 Å². The van der Waals surface area contributed by atoms with Crippen molar-refractivity contribution in [2.75, 3.05) is 60.2 Å². The molecule has 170 valence electrons. The molecular weight excluding hydrogens is 408 g/mol. The normalized spacial score (nSPS) is 13.9. The summed E-state index contributed by atoms with van der Waals surface area (Å²) in [7, 11) is 0. The van der Waals surface area contributed by atoms with E-state index < -0.39 is 0 Å². The van der Waals surface area contributed by atoms with Crippen LogP contribution in [-0.2, 0) is 6.54 Å². The lowest BCUT2D eigenvalue weighted by Crippen LogP contribution is -2.31. The third-order valence-corrected chi connectivity index (χ3v) is 5.27. The fourth-order valence-electron chi connectivity index (χ4n) is 3.73. The summed E-state index contributed by atoms with van der Waals surface area (Å²) < 4.78 is 0. The van der Waals surface area contributed by atoms with Gasteiger partial charge in [0.2, 0.25) is 11.9 Å². The summed E-state index contributed by atoms with van der Waals surface area (Å²) in [6.45, 7) is 3.06. The van der Waals surface area contributed by atoms with Gasteiger partial charge in [-0.05, 0) is 24.8 Å². The molecule has 0 bridgehead atoms. The van der Waals surface area contributed by atoms with E-state index in [0.29, 0.717) is 48.4 Å². The van der Waals surface area contributed by atoms with E-state index in [1.807, 2.05) is 30.3 Å². The predicted octanol–water partition coefficient (Wildman–Crippen LogP) is 1.83. The van der Waals surface area contributed by atoms with Gasteiger partial charge >= 0.3 is 0 Å². The molecule has 3 heterocycles. The minimum atomic E-state index is -0.0202. The molecule has 1 fully saturated rings. The Bertz CT molecular complexity index is 1010. The third-order valence-electron chi connectivity index (χ3n) is 5.27. The zero-order valence-electron chi connectivity index (χ0n) is 18.1.